The number of sulfonamides is 1. The van der Waals surface area contributed by atoms with Crippen molar-refractivity contribution in [2.45, 2.75) is 50.8 Å². The molecule has 1 fully saturated rings. The third kappa shape index (κ3) is 7.28. The molecule has 8 nitrogen and oxygen atoms in total. The number of rotatable bonds is 11. The molecule has 0 aromatic heterocycles. The molecular formula is C21H33N3O5S. The normalized spacial score (nSPS) is 16.9. The van der Waals surface area contributed by atoms with E-state index in [4.69, 9.17) is 4.74 Å². The second-order valence-electron chi connectivity index (χ2n) is 7.38. The molecule has 2 amide bonds. The highest BCUT2D eigenvalue weighted by molar-refractivity contribution is 7.89. The van der Waals surface area contributed by atoms with Gasteiger partial charge in [0.1, 0.15) is 5.75 Å². The molecule has 1 aromatic carbocycles. The maximum absolute atomic E-state index is 12.5. The van der Waals surface area contributed by atoms with Gasteiger partial charge < -0.3 is 15.0 Å². The van der Waals surface area contributed by atoms with Crippen LogP contribution >= 0.6 is 0 Å². The van der Waals surface area contributed by atoms with Crippen LogP contribution in [0.4, 0.5) is 0 Å². The van der Waals surface area contributed by atoms with Crippen LogP contribution in [0.1, 0.15) is 46.0 Å². The SMILES string of the molecule is CCCCNC(=O)C1CCCN(C(=O)CCNS(=O)(=O)c2ccc(OCC)cc2)C1. The number of nitrogens with zero attached hydrogens (tertiary/aromatic N) is 1. The molecule has 168 valence electrons. The quantitative estimate of drug-likeness (QED) is 0.513. The molecule has 9 heteroatoms. The Bertz CT molecular complexity index is 795. The first-order valence-electron chi connectivity index (χ1n) is 10.7. The standard InChI is InChI=1S/C21H33N3O5S/c1-3-5-13-22-21(26)17-7-6-15-24(16-17)20(25)12-14-23-30(27,28)19-10-8-18(9-11-19)29-4-2/h8-11,17,23H,3-7,12-16H2,1-2H3,(H,22,26). The second-order valence-corrected chi connectivity index (χ2v) is 9.14. The summed E-state index contributed by atoms with van der Waals surface area (Å²) in [5, 5.41) is 2.93. The van der Waals surface area contributed by atoms with E-state index >= 15 is 0 Å². The summed E-state index contributed by atoms with van der Waals surface area (Å²) < 4.78 is 32.6. The maximum atomic E-state index is 12.5. The van der Waals surface area contributed by atoms with Gasteiger partial charge in [0.05, 0.1) is 17.4 Å². The van der Waals surface area contributed by atoms with Gasteiger partial charge in [-0.1, -0.05) is 13.3 Å². The average molecular weight is 440 g/mol. The maximum Gasteiger partial charge on any atom is 0.240 e. The molecule has 0 saturated carbocycles. The molecule has 1 aromatic rings. The molecule has 1 aliphatic heterocycles. The summed E-state index contributed by atoms with van der Waals surface area (Å²) in [5.74, 6) is 0.262. The number of unbranched alkanes of at least 4 members (excludes halogenated alkanes) is 1. The lowest BCUT2D eigenvalue weighted by Crippen LogP contribution is -2.46. The Morgan fingerprint density at radius 2 is 1.90 bits per heavy atom. The van der Waals surface area contributed by atoms with Crippen LogP contribution in [0.25, 0.3) is 0 Å². The first-order valence-corrected chi connectivity index (χ1v) is 12.1. The predicted molar refractivity (Wildman–Crippen MR) is 115 cm³/mol. The Morgan fingerprint density at radius 1 is 1.17 bits per heavy atom. The zero-order valence-corrected chi connectivity index (χ0v) is 18.7. The minimum atomic E-state index is -3.70. The fraction of sp³-hybridized carbons (Fsp3) is 0.619. The first kappa shape index (κ1) is 24.1. The topological polar surface area (TPSA) is 105 Å². The molecule has 0 bridgehead atoms. The number of ether oxygens (including phenoxy) is 1. The Balaban J connectivity index is 1.81. The predicted octanol–water partition coefficient (Wildman–Crippen LogP) is 1.91. The Labute approximate surface area is 179 Å². The zero-order valence-electron chi connectivity index (χ0n) is 17.9. The minimum absolute atomic E-state index is 0.00264. The lowest BCUT2D eigenvalue weighted by molar-refractivity contribution is -0.135. The van der Waals surface area contributed by atoms with Gasteiger partial charge in [0.2, 0.25) is 21.8 Å². The summed E-state index contributed by atoms with van der Waals surface area (Å²) in [7, 11) is -3.70. The summed E-state index contributed by atoms with van der Waals surface area (Å²) in [6.45, 7) is 6.09. The molecule has 1 unspecified atom stereocenters. The summed E-state index contributed by atoms with van der Waals surface area (Å²) in [5.41, 5.74) is 0. The molecule has 2 N–H and O–H groups in total. The van der Waals surface area contributed by atoms with E-state index in [2.05, 4.69) is 17.0 Å². The van der Waals surface area contributed by atoms with Crippen molar-refractivity contribution < 1.29 is 22.7 Å². The molecular weight excluding hydrogens is 406 g/mol. The molecule has 1 heterocycles. The number of amides is 2. The van der Waals surface area contributed by atoms with Crippen molar-refractivity contribution in [1.82, 2.24) is 14.9 Å². The third-order valence-corrected chi connectivity index (χ3v) is 6.53. The number of hydrogen-bond acceptors (Lipinski definition) is 5. The summed E-state index contributed by atoms with van der Waals surface area (Å²) in [6, 6.07) is 6.15. The summed E-state index contributed by atoms with van der Waals surface area (Å²) in [4.78, 5) is 26.6. The van der Waals surface area contributed by atoms with E-state index in [0.29, 0.717) is 32.0 Å². The van der Waals surface area contributed by atoms with Gasteiger partial charge in [-0.3, -0.25) is 9.59 Å². The van der Waals surface area contributed by atoms with E-state index in [0.717, 1.165) is 25.7 Å². The van der Waals surface area contributed by atoms with Crippen LogP contribution in [0, 0.1) is 5.92 Å². The van der Waals surface area contributed by atoms with E-state index in [9.17, 15) is 18.0 Å². The largest absolute Gasteiger partial charge is 0.494 e. The van der Waals surface area contributed by atoms with E-state index < -0.39 is 10.0 Å². The fourth-order valence-corrected chi connectivity index (χ4v) is 4.40. The van der Waals surface area contributed by atoms with Crippen LogP contribution in [-0.4, -0.2) is 57.9 Å². The number of piperidine rings is 1. The highest BCUT2D eigenvalue weighted by atomic mass is 32.2. The number of hydrogen-bond donors (Lipinski definition) is 2. The smallest absolute Gasteiger partial charge is 0.240 e. The van der Waals surface area contributed by atoms with Gasteiger partial charge in [-0.15, -0.1) is 0 Å². The van der Waals surface area contributed by atoms with Crippen molar-refractivity contribution in [3.8, 4) is 5.75 Å². The Hall–Kier alpha value is -2.13. The zero-order chi connectivity index (χ0) is 22.0. The van der Waals surface area contributed by atoms with E-state index in [1.807, 2.05) is 6.92 Å². The van der Waals surface area contributed by atoms with E-state index in [-0.39, 0.29) is 35.6 Å². The number of carbonyl (C=O) groups is 2. The summed E-state index contributed by atoms with van der Waals surface area (Å²) >= 11 is 0. The summed E-state index contributed by atoms with van der Waals surface area (Å²) in [6.07, 6.45) is 3.56. The number of nitrogens with one attached hydrogen (secondary N) is 2. The lowest BCUT2D eigenvalue weighted by Gasteiger charge is -2.32. The number of benzene rings is 1. The Morgan fingerprint density at radius 3 is 2.57 bits per heavy atom. The van der Waals surface area contributed by atoms with Crippen molar-refractivity contribution in [3.05, 3.63) is 24.3 Å². The highest BCUT2D eigenvalue weighted by Gasteiger charge is 2.28. The molecule has 0 spiro atoms. The monoisotopic (exact) mass is 439 g/mol. The molecule has 1 atom stereocenters. The van der Waals surface area contributed by atoms with Gasteiger partial charge in [-0.05, 0) is 50.5 Å². The molecule has 0 aliphatic carbocycles. The van der Waals surface area contributed by atoms with Gasteiger partial charge in [-0.25, -0.2) is 13.1 Å². The molecule has 1 saturated heterocycles. The van der Waals surface area contributed by atoms with Crippen LogP contribution in [0.15, 0.2) is 29.2 Å². The van der Waals surface area contributed by atoms with E-state index in [1.54, 1.807) is 17.0 Å². The van der Waals surface area contributed by atoms with Gasteiger partial charge in [0.15, 0.2) is 0 Å². The van der Waals surface area contributed by atoms with Crippen LogP contribution in [0.3, 0.4) is 0 Å². The van der Waals surface area contributed by atoms with Gasteiger partial charge in [-0.2, -0.15) is 0 Å². The minimum Gasteiger partial charge on any atom is -0.494 e. The van der Waals surface area contributed by atoms with Crippen LogP contribution in [0.5, 0.6) is 5.75 Å². The van der Waals surface area contributed by atoms with Gasteiger partial charge in [0, 0.05) is 32.6 Å². The van der Waals surface area contributed by atoms with Crippen molar-refractivity contribution in [1.29, 1.82) is 0 Å². The number of likely N-dealkylation sites (tertiary alicyclic amines) is 1. The lowest BCUT2D eigenvalue weighted by atomic mass is 9.97. The molecule has 30 heavy (non-hydrogen) atoms. The average Bonchev–Trinajstić information content (AvgIpc) is 2.74. The first-order chi connectivity index (χ1) is 14.4. The molecule has 0 radical (unpaired) electrons. The Kier molecular flexibility index (Phi) is 9.58. The van der Waals surface area contributed by atoms with Crippen molar-refractivity contribution in [2.24, 2.45) is 5.92 Å². The van der Waals surface area contributed by atoms with Gasteiger partial charge >= 0.3 is 0 Å². The van der Waals surface area contributed by atoms with Gasteiger partial charge in [0.25, 0.3) is 0 Å². The van der Waals surface area contributed by atoms with Crippen molar-refractivity contribution in [2.75, 3.05) is 32.8 Å². The van der Waals surface area contributed by atoms with Crippen LogP contribution in [-0.2, 0) is 19.6 Å². The van der Waals surface area contributed by atoms with Crippen LogP contribution < -0.4 is 14.8 Å². The van der Waals surface area contributed by atoms with Crippen LogP contribution in [0.2, 0.25) is 0 Å². The second kappa shape index (κ2) is 11.9. The third-order valence-electron chi connectivity index (χ3n) is 5.05. The van der Waals surface area contributed by atoms with E-state index in [1.165, 1.54) is 12.1 Å². The highest BCUT2D eigenvalue weighted by Crippen LogP contribution is 2.18. The fourth-order valence-electron chi connectivity index (χ4n) is 3.37. The molecule has 2 rings (SSSR count). The van der Waals surface area contributed by atoms with Crippen molar-refractivity contribution in [3.63, 3.8) is 0 Å². The number of carbonyl (C=O) groups excluding carboxylic acids is 2. The molecule has 1 aliphatic rings. The van der Waals surface area contributed by atoms with Crippen molar-refractivity contribution >= 4 is 21.8 Å².